The largest absolute Gasteiger partial charge is 0.317 e. The Kier molecular flexibility index (Phi) is 20.4. The van der Waals surface area contributed by atoms with Gasteiger partial charge in [0.15, 0.2) is 0 Å². The summed E-state index contributed by atoms with van der Waals surface area (Å²) in [6, 6.07) is 0.869. The van der Waals surface area contributed by atoms with E-state index in [-0.39, 0.29) is 7.43 Å². The molecule has 5 fully saturated rings. The molecule has 0 aromatic carbocycles. The SMILES string of the molecule is C.C1CC(N2CCNCC2)CCN1.C=C[C@]1(CCC[C@]2(C)CCC3C(C)(C)[C@@H](CC(=C)[C@@H](C)C(C)C)CC[C@]3(C)C2CCC)CCCC1C.CCCC. The highest BCUT2D eigenvalue weighted by molar-refractivity contribution is 5.12. The lowest BCUT2D eigenvalue weighted by atomic mass is 9.40. The molecular formula is C50H97N3. The van der Waals surface area contributed by atoms with Gasteiger partial charge in [0.1, 0.15) is 0 Å². The number of fused-ring (bicyclic) bond motifs is 1. The van der Waals surface area contributed by atoms with Crippen LogP contribution in [-0.4, -0.2) is 50.2 Å². The Morgan fingerprint density at radius 2 is 1.43 bits per heavy atom. The lowest BCUT2D eigenvalue weighted by Gasteiger charge is -2.65. The van der Waals surface area contributed by atoms with E-state index in [4.69, 9.17) is 0 Å². The third kappa shape index (κ3) is 12.2. The molecule has 312 valence electrons. The summed E-state index contributed by atoms with van der Waals surface area (Å²) in [5, 5.41) is 6.81. The van der Waals surface area contributed by atoms with Crippen LogP contribution in [0, 0.1) is 57.2 Å². The van der Waals surface area contributed by atoms with E-state index < -0.39 is 0 Å². The maximum atomic E-state index is 4.60. The van der Waals surface area contributed by atoms with Gasteiger partial charge in [0, 0.05) is 32.2 Å². The van der Waals surface area contributed by atoms with Crippen LogP contribution in [0.15, 0.2) is 24.8 Å². The highest BCUT2D eigenvalue weighted by Crippen LogP contribution is 2.68. The highest BCUT2D eigenvalue weighted by Gasteiger charge is 2.59. The lowest BCUT2D eigenvalue weighted by Crippen LogP contribution is -2.57. The third-order valence-electron chi connectivity index (χ3n) is 16.7. The number of nitrogens with one attached hydrogen (secondary N) is 2. The van der Waals surface area contributed by atoms with Crippen LogP contribution in [0.3, 0.4) is 0 Å². The number of piperazine rings is 1. The van der Waals surface area contributed by atoms with Crippen LogP contribution in [0.1, 0.15) is 193 Å². The van der Waals surface area contributed by atoms with E-state index in [0.29, 0.717) is 33.5 Å². The van der Waals surface area contributed by atoms with Crippen LogP contribution >= 0.6 is 0 Å². The molecule has 2 saturated heterocycles. The van der Waals surface area contributed by atoms with Gasteiger partial charge >= 0.3 is 0 Å². The lowest BCUT2D eigenvalue weighted by molar-refractivity contribution is -0.155. The zero-order chi connectivity index (χ0) is 38.6. The third-order valence-corrected chi connectivity index (χ3v) is 16.7. The molecule has 2 heterocycles. The Balaban J connectivity index is 0.000000470. The molecule has 5 aliphatic rings. The molecule has 3 unspecified atom stereocenters. The first-order chi connectivity index (χ1) is 24.7. The van der Waals surface area contributed by atoms with Crippen molar-refractivity contribution in [3.63, 3.8) is 0 Å². The Morgan fingerprint density at radius 1 is 0.811 bits per heavy atom. The van der Waals surface area contributed by atoms with Crippen LogP contribution < -0.4 is 10.6 Å². The average Bonchev–Trinajstić information content (AvgIpc) is 3.51. The van der Waals surface area contributed by atoms with Crippen molar-refractivity contribution in [1.82, 2.24) is 15.5 Å². The summed E-state index contributed by atoms with van der Waals surface area (Å²) in [5.41, 5.74) is 3.34. The molecule has 0 aromatic rings. The van der Waals surface area contributed by atoms with Crippen molar-refractivity contribution < 1.29 is 0 Å². The van der Waals surface area contributed by atoms with Gasteiger partial charge in [-0.25, -0.2) is 0 Å². The molecule has 3 aliphatic carbocycles. The fourth-order valence-corrected chi connectivity index (χ4v) is 12.4. The summed E-state index contributed by atoms with van der Waals surface area (Å²) in [7, 11) is 0. The molecule has 2 N–H and O–H groups in total. The van der Waals surface area contributed by atoms with Gasteiger partial charge in [0.25, 0.3) is 0 Å². The number of unbranched alkanes of at least 4 members (excludes halogenated alkanes) is 1. The fourth-order valence-electron chi connectivity index (χ4n) is 12.4. The molecule has 0 bridgehead atoms. The van der Waals surface area contributed by atoms with Crippen molar-refractivity contribution in [3.8, 4) is 0 Å². The van der Waals surface area contributed by atoms with E-state index in [9.17, 15) is 0 Å². The van der Waals surface area contributed by atoms with E-state index in [0.717, 1.165) is 29.7 Å². The number of hydrogen-bond donors (Lipinski definition) is 2. The first-order valence-electron chi connectivity index (χ1n) is 23.1. The molecule has 53 heavy (non-hydrogen) atoms. The summed E-state index contributed by atoms with van der Waals surface area (Å²) in [6.07, 6.45) is 25.8. The maximum absolute atomic E-state index is 4.60. The standard InChI is InChI=1S/C36H64.C9H19N3.C4H10.CH4/c1-12-16-32-34(10,20-15-22-36(13-2)21-14-17-28(36)6)23-19-31-33(8,9)30(18-24-35(31,32)11)25-27(5)29(7)26(3)4;1-3-10-4-2-9(1)12-7-5-11-6-8-12;1-3-4-2;/h13,26,28-32H,2,5,12,14-25H2,1,3-4,6-11H3;9-11H,1-8H2;3-4H2,1-2H3;1H4/t28?,29-,30+,31?,32?,34+,35-,36+;;;/m0.../s1. The van der Waals surface area contributed by atoms with Crippen LogP contribution in [0.25, 0.3) is 0 Å². The van der Waals surface area contributed by atoms with Gasteiger partial charge in [0.2, 0.25) is 0 Å². The molecule has 0 spiro atoms. The van der Waals surface area contributed by atoms with Crippen LogP contribution in [-0.2, 0) is 0 Å². The second kappa shape index (κ2) is 22.3. The molecule has 3 nitrogen and oxygen atoms in total. The first-order valence-corrected chi connectivity index (χ1v) is 23.1. The van der Waals surface area contributed by atoms with Crippen LogP contribution in [0.2, 0.25) is 0 Å². The number of nitrogens with zero attached hydrogens (tertiary/aromatic N) is 1. The minimum Gasteiger partial charge on any atom is -0.317 e. The Bertz CT molecular complexity index is 1020. The number of hydrogen-bond acceptors (Lipinski definition) is 3. The van der Waals surface area contributed by atoms with E-state index in [1.54, 1.807) is 0 Å². The molecule has 8 atom stereocenters. The van der Waals surface area contributed by atoms with Gasteiger partial charge in [-0.3, -0.25) is 4.90 Å². The Labute approximate surface area is 334 Å². The topological polar surface area (TPSA) is 27.3 Å². The molecule has 0 aromatic heterocycles. The Hall–Kier alpha value is -0.640. The van der Waals surface area contributed by atoms with Crippen molar-refractivity contribution in [2.75, 3.05) is 39.3 Å². The van der Waals surface area contributed by atoms with Crippen molar-refractivity contribution in [2.45, 2.75) is 199 Å². The van der Waals surface area contributed by atoms with Crippen molar-refractivity contribution >= 4 is 0 Å². The summed E-state index contributed by atoms with van der Waals surface area (Å²) >= 11 is 0. The van der Waals surface area contributed by atoms with Crippen molar-refractivity contribution in [2.24, 2.45) is 57.2 Å². The zero-order valence-electron chi connectivity index (χ0n) is 37.2. The van der Waals surface area contributed by atoms with Gasteiger partial charge in [-0.2, -0.15) is 0 Å². The number of allylic oxidation sites excluding steroid dienone is 2. The van der Waals surface area contributed by atoms with Crippen molar-refractivity contribution in [1.29, 1.82) is 0 Å². The van der Waals surface area contributed by atoms with E-state index in [1.807, 2.05) is 0 Å². The predicted molar refractivity (Wildman–Crippen MR) is 239 cm³/mol. The normalized spacial score (nSPS) is 35.1. The molecule has 0 amide bonds. The minimum atomic E-state index is 0. The molecule has 5 rings (SSSR count). The maximum Gasteiger partial charge on any atom is 0.0120 e. The second-order valence-corrected chi connectivity index (χ2v) is 20.4. The van der Waals surface area contributed by atoms with Crippen LogP contribution in [0.5, 0.6) is 0 Å². The van der Waals surface area contributed by atoms with Gasteiger partial charge in [-0.05, 0) is 147 Å². The van der Waals surface area contributed by atoms with Gasteiger partial charge in [-0.15, -0.1) is 6.58 Å². The quantitative estimate of drug-likeness (QED) is 0.184. The summed E-state index contributed by atoms with van der Waals surface area (Å²) in [4.78, 5) is 2.65. The van der Waals surface area contributed by atoms with Gasteiger partial charge in [-0.1, -0.05) is 134 Å². The molecule has 0 radical (unpaired) electrons. The summed E-state index contributed by atoms with van der Waals surface area (Å²) in [6.45, 7) is 43.4. The van der Waals surface area contributed by atoms with Gasteiger partial charge in [0.05, 0.1) is 0 Å². The monoisotopic (exact) mass is 740 g/mol. The highest BCUT2D eigenvalue weighted by atomic mass is 15.2. The molecule has 2 aliphatic heterocycles. The second-order valence-electron chi connectivity index (χ2n) is 20.4. The van der Waals surface area contributed by atoms with E-state index in [2.05, 4.69) is 111 Å². The number of rotatable bonds is 13. The number of piperidine rings is 1. The van der Waals surface area contributed by atoms with E-state index >= 15 is 0 Å². The smallest absolute Gasteiger partial charge is 0.0120 e. The minimum absolute atomic E-state index is 0. The first kappa shape index (κ1) is 48.5. The van der Waals surface area contributed by atoms with Gasteiger partial charge < -0.3 is 10.6 Å². The fraction of sp³-hybridized carbons (Fsp3) is 0.920. The predicted octanol–water partition coefficient (Wildman–Crippen LogP) is 13.7. The molecule has 3 saturated carbocycles. The summed E-state index contributed by atoms with van der Waals surface area (Å²) in [5.74, 6) is 4.68. The Morgan fingerprint density at radius 3 is 1.96 bits per heavy atom. The average molecular weight is 740 g/mol. The summed E-state index contributed by atoms with van der Waals surface area (Å²) < 4.78 is 0. The zero-order valence-corrected chi connectivity index (χ0v) is 37.2. The van der Waals surface area contributed by atoms with Crippen molar-refractivity contribution in [3.05, 3.63) is 24.8 Å². The van der Waals surface area contributed by atoms with E-state index in [1.165, 1.54) is 154 Å². The molecular weight excluding hydrogens is 643 g/mol. The molecule has 3 heteroatoms. The van der Waals surface area contributed by atoms with Crippen LogP contribution in [0.4, 0.5) is 0 Å².